The molecule has 4 aliphatic carbocycles. The molecule has 5 rings (SSSR count). The van der Waals surface area contributed by atoms with Gasteiger partial charge in [-0.05, 0) is 49.3 Å². The molecule has 0 saturated heterocycles. The van der Waals surface area contributed by atoms with Crippen LogP contribution in [0.2, 0.25) is 0 Å². The Morgan fingerprint density at radius 1 is 1.28 bits per heavy atom. The number of furan rings is 1. The van der Waals surface area contributed by atoms with Gasteiger partial charge >= 0.3 is 5.97 Å². The molecule has 0 spiro atoms. The van der Waals surface area contributed by atoms with Crippen molar-refractivity contribution in [1.82, 2.24) is 0 Å². The number of allylic oxidation sites excluding steroid dienone is 4. The molecule has 2 fully saturated rings. The van der Waals surface area contributed by atoms with Crippen molar-refractivity contribution in [3.05, 3.63) is 48.0 Å². The summed E-state index contributed by atoms with van der Waals surface area (Å²) in [6, 6.07) is 3.07. The molecule has 0 bridgehead atoms. The quantitative estimate of drug-likeness (QED) is 0.237. The fraction of sp³-hybridized carbons (Fsp3) is 0.567. The minimum absolute atomic E-state index is 0.00990. The third-order valence-corrected chi connectivity index (χ3v) is 11.7. The Labute approximate surface area is 237 Å². The summed E-state index contributed by atoms with van der Waals surface area (Å²) in [6.07, 6.45) is 7.30. The van der Waals surface area contributed by atoms with Crippen molar-refractivity contribution in [2.24, 2.45) is 28.6 Å². The van der Waals surface area contributed by atoms with Gasteiger partial charge in [0.25, 0.3) is 0 Å². The van der Waals surface area contributed by atoms with Crippen LogP contribution in [-0.4, -0.2) is 56.0 Å². The number of alkyl halides is 1. The smallest absolute Gasteiger partial charge is 0.375 e. The summed E-state index contributed by atoms with van der Waals surface area (Å²) in [6.45, 7) is 5.50. The largest absolute Gasteiger partial charge is 0.457 e. The molecular weight excluding hydrogens is 540 g/mol. The topological polar surface area (TPSA) is 114 Å². The SMILES string of the molecule is C[C@@H]1CC2C3CC=C4CC(=O)C=C[C@]4(C)[C@@]3(Cl)[C@@H](O)C[C@]2(C)[C@@]1(OC(=O)c1ccco1)C(=O)SCC#CCO. The highest BCUT2D eigenvalue weighted by atomic mass is 35.5. The van der Waals surface area contributed by atoms with Crippen LogP contribution in [0.1, 0.15) is 57.0 Å². The van der Waals surface area contributed by atoms with Crippen molar-refractivity contribution in [1.29, 1.82) is 0 Å². The van der Waals surface area contributed by atoms with Crippen LogP contribution in [-0.2, 0) is 14.3 Å². The fourth-order valence-corrected chi connectivity index (χ4v) is 9.54. The zero-order valence-electron chi connectivity index (χ0n) is 22.2. The van der Waals surface area contributed by atoms with E-state index in [2.05, 4.69) is 17.9 Å². The lowest BCUT2D eigenvalue weighted by Crippen LogP contribution is -2.69. The van der Waals surface area contributed by atoms with Crippen LogP contribution in [0.3, 0.4) is 0 Å². The summed E-state index contributed by atoms with van der Waals surface area (Å²) in [7, 11) is 0. The van der Waals surface area contributed by atoms with Crippen LogP contribution in [0.4, 0.5) is 0 Å². The number of rotatable bonds is 4. The first kappa shape index (κ1) is 28.2. The van der Waals surface area contributed by atoms with Crippen molar-refractivity contribution in [2.45, 2.75) is 63.0 Å². The van der Waals surface area contributed by atoms with Crippen molar-refractivity contribution < 1.29 is 33.8 Å². The molecule has 8 atom stereocenters. The van der Waals surface area contributed by atoms with Gasteiger partial charge in [-0.25, -0.2) is 4.79 Å². The molecule has 0 aromatic carbocycles. The van der Waals surface area contributed by atoms with Crippen LogP contribution in [0.5, 0.6) is 0 Å². The summed E-state index contributed by atoms with van der Waals surface area (Å²) in [5, 5.41) is 20.6. The lowest BCUT2D eigenvalue weighted by Gasteiger charge is -2.63. The van der Waals surface area contributed by atoms with Gasteiger partial charge in [-0.1, -0.05) is 62.1 Å². The Morgan fingerprint density at radius 2 is 2.05 bits per heavy atom. The molecule has 9 heteroatoms. The van der Waals surface area contributed by atoms with E-state index in [9.17, 15) is 19.5 Å². The average Bonchev–Trinajstić information content (AvgIpc) is 3.50. The molecule has 0 radical (unpaired) electrons. The summed E-state index contributed by atoms with van der Waals surface area (Å²) >= 11 is 8.49. The van der Waals surface area contributed by atoms with Crippen LogP contribution in [0, 0.1) is 40.4 Å². The molecule has 2 saturated carbocycles. The number of fused-ring (bicyclic) bond motifs is 5. The Morgan fingerprint density at radius 3 is 2.74 bits per heavy atom. The van der Waals surface area contributed by atoms with Gasteiger partial charge in [0.05, 0.1) is 23.0 Å². The van der Waals surface area contributed by atoms with E-state index in [4.69, 9.17) is 25.9 Å². The second-order valence-electron chi connectivity index (χ2n) is 11.6. The summed E-state index contributed by atoms with van der Waals surface area (Å²) in [5.74, 6) is 3.90. The number of hydrogen-bond donors (Lipinski definition) is 2. The number of esters is 1. The zero-order chi connectivity index (χ0) is 28.2. The summed E-state index contributed by atoms with van der Waals surface area (Å²) in [5.41, 5.74) is -2.33. The van der Waals surface area contributed by atoms with Gasteiger partial charge in [-0.3, -0.25) is 9.59 Å². The zero-order valence-corrected chi connectivity index (χ0v) is 23.8. The minimum atomic E-state index is -1.57. The summed E-state index contributed by atoms with van der Waals surface area (Å²) < 4.78 is 11.5. The molecule has 0 aliphatic heterocycles. The van der Waals surface area contributed by atoms with Crippen LogP contribution < -0.4 is 0 Å². The first-order valence-electron chi connectivity index (χ1n) is 13.2. The standard InChI is InChI=1S/C30H33ClO7S/c1-18-15-22-21-9-8-19-16-20(33)10-11-27(19,2)29(21,31)24(34)17-28(22,3)30(18,26(36)39-14-5-4-12-32)38-25(35)23-7-6-13-37-23/h6-8,10-11,13,18,21-22,24,32,34H,9,12,14-17H2,1-3H3/t18-,21?,22?,24+,27+,28+,29+,30+/m1/s1. The Kier molecular flexibility index (Phi) is 7.20. The molecular formula is C30H33ClO7S. The monoisotopic (exact) mass is 572 g/mol. The van der Waals surface area contributed by atoms with Gasteiger partial charge in [-0.15, -0.1) is 11.6 Å². The molecule has 1 heterocycles. The first-order valence-corrected chi connectivity index (χ1v) is 14.6. The van der Waals surface area contributed by atoms with Gasteiger partial charge in [0.1, 0.15) is 6.61 Å². The van der Waals surface area contributed by atoms with Crippen LogP contribution in [0.25, 0.3) is 0 Å². The molecule has 1 aromatic rings. The van der Waals surface area contributed by atoms with E-state index in [0.29, 0.717) is 12.8 Å². The number of ketones is 1. The van der Waals surface area contributed by atoms with E-state index in [1.807, 2.05) is 26.8 Å². The average molecular weight is 573 g/mol. The van der Waals surface area contributed by atoms with E-state index in [1.54, 1.807) is 12.1 Å². The van der Waals surface area contributed by atoms with E-state index < -0.39 is 33.4 Å². The van der Waals surface area contributed by atoms with E-state index >= 15 is 0 Å². The number of halogens is 1. The maximum Gasteiger partial charge on any atom is 0.375 e. The Hall–Kier alpha value is -2.31. The van der Waals surface area contributed by atoms with E-state index in [-0.39, 0.29) is 59.6 Å². The molecule has 2 unspecified atom stereocenters. The highest BCUT2D eigenvalue weighted by Crippen LogP contribution is 2.72. The number of aliphatic hydroxyl groups is 2. The molecule has 39 heavy (non-hydrogen) atoms. The maximum atomic E-state index is 14.1. The summed E-state index contributed by atoms with van der Waals surface area (Å²) in [4.78, 5) is 38.6. The van der Waals surface area contributed by atoms with Crippen molar-refractivity contribution in [2.75, 3.05) is 12.4 Å². The fourth-order valence-electron chi connectivity index (χ4n) is 8.04. The van der Waals surface area contributed by atoms with Gasteiger partial charge in [-0.2, -0.15) is 0 Å². The molecule has 2 N–H and O–H groups in total. The number of ether oxygens (including phenoxy) is 1. The predicted octanol–water partition coefficient (Wildman–Crippen LogP) is 4.32. The van der Waals surface area contributed by atoms with Gasteiger partial charge in [0.2, 0.25) is 10.9 Å². The maximum absolute atomic E-state index is 14.1. The Balaban J connectivity index is 1.60. The number of carbonyl (C=O) groups excluding carboxylic acids is 3. The van der Waals surface area contributed by atoms with Crippen molar-refractivity contribution in [3.8, 4) is 11.8 Å². The lowest BCUT2D eigenvalue weighted by molar-refractivity contribution is -0.170. The number of aliphatic hydroxyl groups excluding tert-OH is 2. The van der Waals surface area contributed by atoms with Crippen LogP contribution >= 0.6 is 23.4 Å². The normalized spacial score (nSPS) is 40.5. The Bertz CT molecular complexity index is 1310. The number of hydrogen-bond acceptors (Lipinski definition) is 8. The third-order valence-electron chi connectivity index (χ3n) is 9.90. The minimum Gasteiger partial charge on any atom is -0.457 e. The van der Waals surface area contributed by atoms with Crippen molar-refractivity contribution in [3.63, 3.8) is 0 Å². The van der Waals surface area contributed by atoms with Gasteiger partial charge in [0.15, 0.2) is 11.4 Å². The van der Waals surface area contributed by atoms with E-state index in [1.165, 1.54) is 12.3 Å². The number of thioether (sulfide) groups is 1. The first-order chi connectivity index (χ1) is 18.5. The second-order valence-corrected chi connectivity index (χ2v) is 13.2. The van der Waals surface area contributed by atoms with Crippen LogP contribution in [0.15, 0.2) is 46.6 Å². The molecule has 7 nitrogen and oxygen atoms in total. The van der Waals surface area contributed by atoms with Gasteiger partial charge < -0.3 is 19.4 Å². The second kappa shape index (κ2) is 9.95. The third kappa shape index (κ3) is 3.92. The number of carbonyl (C=O) groups is 3. The van der Waals surface area contributed by atoms with E-state index in [0.717, 1.165) is 17.3 Å². The highest BCUT2D eigenvalue weighted by Gasteiger charge is 2.76. The molecule has 208 valence electrons. The highest BCUT2D eigenvalue weighted by molar-refractivity contribution is 8.14. The predicted molar refractivity (Wildman–Crippen MR) is 147 cm³/mol. The lowest BCUT2D eigenvalue weighted by atomic mass is 9.46. The molecule has 4 aliphatic rings. The molecule has 0 amide bonds. The van der Waals surface area contributed by atoms with Crippen molar-refractivity contribution >= 4 is 40.2 Å². The van der Waals surface area contributed by atoms with Gasteiger partial charge in [0, 0.05) is 23.2 Å². The molecule has 1 aromatic heterocycles.